The fourth-order valence-electron chi connectivity index (χ4n) is 1.30. The minimum Gasteiger partial charge on any atom is -0.394 e. The van der Waals surface area contributed by atoms with Crippen molar-refractivity contribution in [2.75, 3.05) is 33.0 Å². The van der Waals surface area contributed by atoms with Gasteiger partial charge in [-0.3, -0.25) is 4.79 Å². The fraction of sp³-hybridized carbons (Fsp3) is 0.833. The monoisotopic (exact) mass is 352 g/mol. The summed E-state index contributed by atoms with van der Waals surface area (Å²) in [5, 5.41) is 49.6. The second kappa shape index (κ2) is 16.1. The second-order valence-electron chi connectivity index (χ2n) is 4.38. The molecule has 0 unspecified atom stereocenters. The van der Waals surface area contributed by atoms with Crippen LogP contribution in [0.15, 0.2) is 5.11 Å². The van der Waals surface area contributed by atoms with Crippen molar-refractivity contribution < 1.29 is 39.9 Å². The van der Waals surface area contributed by atoms with Gasteiger partial charge in [0.25, 0.3) is 0 Å². The summed E-state index contributed by atoms with van der Waals surface area (Å²) >= 11 is 0. The first-order valence-electron chi connectivity index (χ1n) is 6.92. The van der Waals surface area contributed by atoms with E-state index in [1.54, 1.807) is 0 Å². The van der Waals surface area contributed by atoms with Crippen molar-refractivity contribution in [3.05, 3.63) is 10.4 Å². The molecule has 24 heavy (non-hydrogen) atoms. The molecule has 0 radical (unpaired) electrons. The van der Waals surface area contributed by atoms with Crippen LogP contribution in [-0.4, -0.2) is 95.1 Å². The van der Waals surface area contributed by atoms with Crippen molar-refractivity contribution in [1.82, 2.24) is 5.32 Å². The predicted octanol–water partition coefficient (Wildman–Crippen LogP) is -2.93. The van der Waals surface area contributed by atoms with Crippen molar-refractivity contribution in [1.29, 1.82) is 0 Å². The van der Waals surface area contributed by atoms with E-state index in [-0.39, 0.29) is 12.9 Å². The predicted molar refractivity (Wildman–Crippen MR) is 80.7 cm³/mol. The molecule has 0 fully saturated rings. The Hall–Kier alpha value is -1.79. The quantitative estimate of drug-likeness (QED) is 0.0744. The first kappa shape index (κ1) is 24.5. The standard InChI is InChI=1S/C8H15NO6.C4H9N3O2/c1-4(12)9-5(2-10)7(14)8(15)6(13)3-11;5-7-6-1-3-9-4-2-8/h2,5-8,11,13-15H,3H2,1H3,(H,9,12);8H,1-4H2/t5-,6+,7+,8+;/m0./s1. The molecular weight excluding hydrogens is 328 g/mol. The number of aliphatic hydroxyl groups is 5. The number of carbonyl (C=O) groups excluding carboxylic acids is 2. The molecule has 0 aliphatic carbocycles. The average molecular weight is 352 g/mol. The number of rotatable bonds is 11. The van der Waals surface area contributed by atoms with E-state index in [4.69, 9.17) is 25.6 Å². The molecule has 0 heterocycles. The number of ether oxygens (including phenoxy) is 1. The Bertz CT molecular complexity index is 391. The summed E-state index contributed by atoms with van der Waals surface area (Å²) in [5.41, 5.74) is 7.78. The molecule has 140 valence electrons. The summed E-state index contributed by atoms with van der Waals surface area (Å²) in [6, 6.07) is -1.32. The van der Waals surface area contributed by atoms with Crippen molar-refractivity contribution in [2.45, 2.75) is 31.3 Å². The Morgan fingerprint density at radius 2 is 1.92 bits per heavy atom. The highest BCUT2D eigenvalue weighted by molar-refractivity contribution is 5.77. The van der Waals surface area contributed by atoms with Crippen LogP contribution in [0.4, 0.5) is 0 Å². The number of amides is 1. The summed E-state index contributed by atoms with van der Waals surface area (Å²) in [5.74, 6) is -0.558. The lowest BCUT2D eigenvalue weighted by Gasteiger charge is -2.25. The van der Waals surface area contributed by atoms with Gasteiger partial charge in [0, 0.05) is 18.4 Å². The third-order valence-corrected chi connectivity index (χ3v) is 2.45. The Morgan fingerprint density at radius 1 is 1.29 bits per heavy atom. The van der Waals surface area contributed by atoms with E-state index >= 15 is 0 Å². The number of nitrogens with zero attached hydrogens (tertiary/aromatic N) is 3. The molecule has 0 aromatic carbocycles. The lowest BCUT2D eigenvalue weighted by atomic mass is 10.0. The second-order valence-corrected chi connectivity index (χ2v) is 4.38. The minimum absolute atomic E-state index is 0.0102. The SMILES string of the molecule is CC(=O)N[C@@H](C=O)[C@@H](O)[C@H](O)[C@H](O)CO.[N-]=[N+]=NCCOCCO. The van der Waals surface area contributed by atoms with Crippen LogP contribution in [0.1, 0.15) is 6.92 Å². The highest BCUT2D eigenvalue weighted by Gasteiger charge is 2.31. The molecule has 0 spiro atoms. The van der Waals surface area contributed by atoms with Gasteiger partial charge in [0.05, 0.1) is 26.4 Å². The molecule has 4 atom stereocenters. The molecule has 0 bridgehead atoms. The summed E-state index contributed by atoms with van der Waals surface area (Å²) in [6.45, 7) is 1.40. The first-order valence-corrected chi connectivity index (χ1v) is 6.92. The summed E-state index contributed by atoms with van der Waals surface area (Å²) in [7, 11) is 0. The van der Waals surface area contributed by atoms with Crippen molar-refractivity contribution in [2.24, 2.45) is 5.11 Å². The van der Waals surface area contributed by atoms with Crippen LogP contribution < -0.4 is 5.32 Å². The van der Waals surface area contributed by atoms with Crippen LogP contribution in [0.5, 0.6) is 0 Å². The minimum atomic E-state index is -1.71. The molecule has 0 aliphatic rings. The van der Waals surface area contributed by atoms with E-state index in [2.05, 4.69) is 15.3 Å². The molecule has 12 nitrogen and oxygen atoms in total. The van der Waals surface area contributed by atoms with E-state index in [0.717, 1.165) is 6.92 Å². The topological polar surface area (TPSA) is 205 Å². The number of hydrogen-bond donors (Lipinski definition) is 6. The Balaban J connectivity index is 0. The maximum absolute atomic E-state index is 10.6. The molecule has 0 aromatic heterocycles. The number of aliphatic hydroxyl groups excluding tert-OH is 5. The molecule has 1 amide bonds. The van der Waals surface area contributed by atoms with Gasteiger partial charge in [-0.05, 0) is 5.53 Å². The highest BCUT2D eigenvalue weighted by atomic mass is 16.5. The van der Waals surface area contributed by atoms with Gasteiger partial charge in [0.1, 0.15) is 30.6 Å². The molecule has 0 saturated carbocycles. The van der Waals surface area contributed by atoms with Crippen LogP contribution in [0.3, 0.4) is 0 Å². The van der Waals surface area contributed by atoms with Crippen molar-refractivity contribution in [3.8, 4) is 0 Å². The summed E-state index contributed by atoms with van der Waals surface area (Å²) < 4.78 is 4.77. The van der Waals surface area contributed by atoms with Gasteiger partial charge >= 0.3 is 0 Å². The van der Waals surface area contributed by atoms with Crippen LogP contribution >= 0.6 is 0 Å². The van der Waals surface area contributed by atoms with Gasteiger partial charge in [-0.25, -0.2) is 0 Å². The third kappa shape index (κ3) is 12.7. The zero-order chi connectivity index (χ0) is 19.0. The number of aldehydes is 1. The highest BCUT2D eigenvalue weighted by Crippen LogP contribution is 2.03. The van der Waals surface area contributed by atoms with E-state index in [0.29, 0.717) is 19.8 Å². The lowest BCUT2D eigenvalue weighted by Crippen LogP contribution is -2.53. The molecule has 0 saturated heterocycles. The third-order valence-electron chi connectivity index (χ3n) is 2.45. The van der Waals surface area contributed by atoms with Crippen LogP contribution in [0.2, 0.25) is 0 Å². The largest absolute Gasteiger partial charge is 0.394 e. The van der Waals surface area contributed by atoms with Gasteiger partial charge in [-0.1, -0.05) is 5.11 Å². The van der Waals surface area contributed by atoms with E-state index in [1.165, 1.54) is 0 Å². The van der Waals surface area contributed by atoms with Gasteiger partial charge in [-0.15, -0.1) is 0 Å². The first-order chi connectivity index (χ1) is 11.3. The van der Waals surface area contributed by atoms with E-state index < -0.39 is 36.9 Å². The average Bonchev–Trinajstić information content (AvgIpc) is 2.58. The normalized spacial score (nSPS) is 14.9. The molecule has 0 aliphatic heterocycles. The maximum Gasteiger partial charge on any atom is 0.217 e. The van der Waals surface area contributed by atoms with Gasteiger partial charge in [0.2, 0.25) is 5.91 Å². The molecule has 12 heteroatoms. The maximum atomic E-state index is 10.6. The number of azide groups is 1. The lowest BCUT2D eigenvalue weighted by molar-refractivity contribution is -0.129. The van der Waals surface area contributed by atoms with E-state index in [9.17, 15) is 19.8 Å². The van der Waals surface area contributed by atoms with Crippen LogP contribution in [0.25, 0.3) is 10.4 Å². The Morgan fingerprint density at radius 3 is 2.33 bits per heavy atom. The zero-order valence-electron chi connectivity index (χ0n) is 13.2. The van der Waals surface area contributed by atoms with Gasteiger partial charge < -0.3 is 40.4 Å². The molecule has 0 rings (SSSR count). The molecule has 6 N–H and O–H groups in total. The molecular formula is C12H24N4O8. The smallest absolute Gasteiger partial charge is 0.217 e. The van der Waals surface area contributed by atoms with Crippen molar-refractivity contribution >= 4 is 12.2 Å². The van der Waals surface area contributed by atoms with E-state index in [1.807, 2.05) is 0 Å². The summed E-state index contributed by atoms with van der Waals surface area (Å²) in [6.07, 6.45) is -4.72. The molecule has 0 aromatic rings. The Kier molecular flexibility index (Phi) is 16.4. The number of hydrogen-bond acceptors (Lipinski definition) is 9. The number of nitrogens with one attached hydrogen (secondary N) is 1. The van der Waals surface area contributed by atoms with Gasteiger partial charge in [0.15, 0.2) is 0 Å². The van der Waals surface area contributed by atoms with Crippen molar-refractivity contribution in [3.63, 3.8) is 0 Å². The Labute approximate surface area is 138 Å². The van der Waals surface area contributed by atoms with Gasteiger partial charge in [-0.2, -0.15) is 0 Å². The number of carbonyl (C=O) groups is 2. The van der Waals surface area contributed by atoms with Crippen LogP contribution in [0, 0.1) is 0 Å². The zero-order valence-corrected chi connectivity index (χ0v) is 13.2. The van der Waals surface area contributed by atoms with Crippen LogP contribution in [-0.2, 0) is 14.3 Å². The summed E-state index contributed by atoms with van der Waals surface area (Å²) in [4.78, 5) is 23.6. The fourth-order valence-corrected chi connectivity index (χ4v) is 1.30.